The van der Waals surface area contributed by atoms with Gasteiger partial charge in [-0.25, -0.2) is 4.98 Å². The Labute approximate surface area is 169 Å². The van der Waals surface area contributed by atoms with Crippen molar-refractivity contribution in [2.45, 2.75) is 6.54 Å². The lowest BCUT2D eigenvalue weighted by atomic mass is 10.2. The summed E-state index contributed by atoms with van der Waals surface area (Å²) in [6, 6.07) is 11.8. The van der Waals surface area contributed by atoms with E-state index in [1.807, 2.05) is 59.1 Å². The minimum Gasteiger partial charge on any atom is -0.497 e. The van der Waals surface area contributed by atoms with Crippen molar-refractivity contribution in [3.05, 3.63) is 59.4 Å². The van der Waals surface area contributed by atoms with Gasteiger partial charge in [-0.1, -0.05) is 0 Å². The zero-order valence-electron chi connectivity index (χ0n) is 16.2. The van der Waals surface area contributed by atoms with E-state index in [9.17, 15) is 4.79 Å². The molecule has 1 fully saturated rings. The number of hydrogen-bond acceptors (Lipinski definition) is 5. The van der Waals surface area contributed by atoms with Gasteiger partial charge in [0.2, 0.25) is 0 Å². The first-order chi connectivity index (χ1) is 13.6. The van der Waals surface area contributed by atoms with Crippen LogP contribution in [0.15, 0.2) is 48.0 Å². The maximum absolute atomic E-state index is 12.6. The quantitative estimate of drug-likeness (QED) is 0.665. The third-order valence-corrected chi connectivity index (χ3v) is 6.04. The van der Waals surface area contributed by atoms with Crippen LogP contribution in [0, 0.1) is 0 Å². The Kier molecular flexibility index (Phi) is 5.45. The summed E-state index contributed by atoms with van der Waals surface area (Å²) in [5.74, 6) is 0.964. The lowest BCUT2D eigenvalue weighted by Gasteiger charge is -2.34. The molecule has 3 heterocycles. The molecular formula is C21H24N4O2S. The van der Waals surface area contributed by atoms with E-state index in [-0.39, 0.29) is 5.91 Å². The summed E-state index contributed by atoms with van der Waals surface area (Å²) in [5.41, 5.74) is 2.94. The number of nitrogens with zero attached hydrogens (tertiary/aromatic N) is 4. The third kappa shape index (κ3) is 3.95. The second-order valence-corrected chi connectivity index (χ2v) is 7.80. The van der Waals surface area contributed by atoms with Crippen molar-refractivity contribution in [3.63, 3.8) is 0 Å². The fourth-order valence-electron chi connectivity index (χ4n) is 3.43. The normalized spacial score (nSPS) is 15.0. The number of amides is 1. The highest BCUT2D eigenvalue weighted by molar-refractivity contribution is 7.13. The van der Waals surface area contributed by atoms with Crippen LogP contribution in [-0.4, -0.2) is 58.5 Å². The first kappa shape index (κ1) is 18.7. The Bertz CT molecular complexity index is 939. The Morgan fingerprint density at radius 3 is 2.54 bits per heavy atom. The van der Waals surface area contributed by atoms with Gasteiger partial charge in [0.25, 0.3) is 5.91 Å². The number of hydrogen-bond donors (Lipinski definition) is 0. The highest BCUT2D eigenvalue weighted by atomic mass is 32.1. The van der Waals surface area contributed by atoms with Crippen LogP contribution in [0.4, 0.5) is 0 Å². The topological polar surface area (TPSA) is 50.6 Å². The van der Waals surface area contributed by atoms with Gasteiger partial charge < -0.3 is 14.2 Å². The Morgan fingerprint density at radius 2 is 1.89 bits per heavy atom. The van der Waals surface area contributed by atoms with E-state index in [1.165, 1.54) is 0 Å². The summed E-state index contributed by atoms with van der Waals surface area (Å²) in [6.45, 7) is 4.05. The second-order valence-electron chi connectivity index (χ2n) is 6.95. The van der Waals surface area contributed by atoms with Crippen molar-refractivity contribution < 1.29 is 9.53 Å². The molecule has 1 saturated heterocycles. The standard InChI is InChI=1S/C21H24N4O2S/c1-23-9-3-4-19(23)21(26)25-12-10-24(11-13-25)14-17-15-28-20(22-17)16-5-7-18(27-2)8-6-16/h3-9,15H,10-14H2,1-2H3. The van der Waals surface area contributed by atoms with E-state index in [4.69, 9.17) is 9.72 Å². The van der Waals surface area contributed by atoms with Gasteiger partial charge in [0.1, 0.15) is 16.5 Å². The number of carbonyl (C=O) groups excluding carboxylic acids is 1. The van der Waals surface area contributed by atoms with Crippen LogP contribution in [0.2, 0.25) is 0 Å². The molecule has 0 atom stereocenters. The molecule has 7 heteroatoms. The molecule has 0 N–H and O–H groups in total. The maximum atomic E-state index is 12.6. The SMILES string of the molecule is COc1ccc(-c2nc(CN3CCN(C(=O)c4cccn4C)CC3)cs2)cc1. The Morgan fingerprint density at radius 1 is 1.14 bits per heavy atom. The summed E-state index contributed by atoms with van der Waals surface area (Å²) in [6.07, 6.45) is 1.91. The minimum atomic E-state index is 0.114. The third-order valence-electron chi connectivity index (χ3n) is 5.10. The van der Waals surface area contributed by atoms with Gasteiger partial charge in [0, 0.05) is 56.9 Å². The zero-order valence-corrected chi connectivity index (χ0v) is 17.0. The molecule has 1 aromatic carbocycles. The first-order valence-corrected chi connectivity index (χ1v) is 10.2. The number of carbonyl (C=O) groups is 1. The van der Waals surface area contributed by atoms with Crippen LogP contribution < -0.4 is 4.74 Å². The summed E-state index contributed by atoms with van der Waals surface area (Å²) >= 11 is 1.66. The molecule has 0 unspecified atom stereocenters. The molecule has 146 valence electrons. The summed E-state index contributed by atoms with van der Waals surface area (Å²) in [5, 5.41) is 3.15. The van der Waals surface area contributed by atoms with Crippen molar-refractivity contribution >= 4 is 17.2 Å². The Hall–Kier alpha value is -2.64. The van der Waals surface area contributed by atoms with E-state index in [0.29, 0.717) is 0 Å². The van der Waals surface area contributed by atoms with Crippen molar-refractivity contribution in [2.24, 2.45) is 7.05 Å². The molecule has 4 rings (SSSR count). The molecule has 0 bridgehead atoms. The lowest BCUT2D eigenvalue weighted by Crippen LogP contribution is -2.48. The Balaban J connectivity index is 1.33. The molecule has 28 heavy (non-hydrogen) atoms. The van der Waals surface area contributed by atoms with E-state index < -0.39 is 0 Å². The van der Waals surface area contributed by atoms with E-state index in [1.54, 1.807) is 18.4 Å². The van der Waals surface area contributed by atoms with E-state index in [2.05, 4.69) is 10.3 Å². The molecule has 6 nitrogen and oxygen atoms in total. The fourth-order valence-corrected chi connectivity index (χ4v) is 4.25. The predicted molar refractivity (Wildman–Crippen MR) is 111 cm³/mol. The van der Waals surface area contributed by atoms with Gasteiger partial charge in [0.15, 0.2) is 0 Å². The number of rotatable bonds is 5. The zero-order chi connectivity index (χ0) is 19.5. The summed E-state index contributed by atoms with van der Waals surface area (Å²) < 4.78 is 7.09. The van der Waals surface area contributed by atoms with Crippen molar-refractivity contribution in [1.82, 2.24) is 19.4 Å². The first-order valence-electron chi connectivity index (χ1n) is 9.36. The van der Waals surface area contributed by atoms with Crippen LogP contribution >= 0.6 is 11.3 Å². The van der Waals surface area contributed by atoms with Crippen LogP contribution in [0.5, 0.6) is 5.75 Å². The second kappa shape index (κ2) is 8.16. The molecule has 0 saturated carbocycles. The summed E-state index contributed by atoms with van der Waals surface area (Å²) in [7, 11) is 3.58. The average molecular weight is 397 g/mol. The van der Waals surface area contributed by atoms with E-state index in [0.717, 1.165) is 60.4 Å². The van der Waals surface area contributed by atoms with Gasteiger partial charge in [-0.3, -0.25) is 9.69 Å². The number of aryl methyl sites for hydroxylation is 1. The number of aromatic nitrogens is 2. The van der Waals surface area contributed by atoms with Crippen molar-refractivity contribution in [2.75, 3.05) is 33.3 Å². The largest absolute Gasteiger partial charge is 0.497 e. The molecule has 1 amide bonds. The number of methoxy groups -OCH3 is 1. The average Bonchev–Trinajstić information content (AvgIpc) is 3.37. The number of thiazole rings is 1. The van der Waals surface area contributed by atoms with Gasteiger partial charge >= 0.3 is 0 Å². The van der Waals surface area contributed by atoms with Gasteiger partial charge in [0.05, 0.1) is 12.8 Å². The molecule has 3 aromatic rings. The molecule has 2 aromatic heterocycles. The van der Waals surface area contributed by atoms with Crippen molar-refractivity contribution in [1.29, 1.82) is 0 Å². The van der Waals surface area contributed by atoms with Gasteiger partial charge in [-0.05, 0) is 36.4 Å². The molecule has 0 aliphatic carbocycles. The van der Waals surface area contributed by atoms with Crippen molar-refractivity contribution in [3.8, 4) is 16.3 Å². The monoisotopic (exact) mass is 396 g/mol. The minimum absolute atomic E-state index is 0.114. The van der Waals surface area contributed by atoms with Gasteiger partial charge in [-0.2, -0.15) is 0 Å². The lowest BCUT2D eigenvalue weighted by molar-refractivity contribution is 0.0618. The van der Waals surface area contributed by atoms with Crippen LogP contribution in [0.1, 0.15) is 16.2 Å². The molecule has 0 radical (unpaired) electrons. The number of benzene rings is 1. The fraction of sp³-hybridized carbons (Fsp3) is 0.333. The van der Waals surface area contributed by atoms with Crippen LogP contribution in [-0.2, 0) is 13.6 Å². The molecule has 1 aliphatic heterocycles. The smallest absolute Gasteiger partial charge is 0.270 e. The van der Waals surface area contributed by atoms with Crippen LogP contribution in [0.25, 0.3) is 10.6 Å². The number of piperazine rings is 1. The highest BCUT2D eigenvalue weighted by Gasteiger charge is 2.23. The number of ether oxygens (including phenoxy) is 1. The molecule has 0 spiro atoms. The summed E-state index contributed by atoms with van der Waals surface area (Å²) in [4.78, 5) is 21.7. The molecular weight excluding hydrogens is 372 g/mol. The maximum Gasteiger partial charge on any atom is 0.270 e. The highest BCUT2D eigenvalue weighted by Crippen LogP contribution is 2.26. The van der Waals surface area contributed by atoms with E-state index >= 15 is 0 Å². The van der Waals surface area contributed by atoms with Gasteiger partial charge in [-0.15, -0.1) is 11.3 Å². The van der Waals surface area contributed by atoms with Crippen LogP contribution in [0.3, 0.4) is 0 Å². The predicted octanol–water partition coefficient (Wildman–Crippen LogP) is 3.12. The molecule has 1 aliphatic rings.